The minimum Gasteiger partial charge on any atom is -0.479 e. The van der Waals surface area contributed by atoms with E-state index >= 15 is 0 Å². The van der Waals surface area contributed by atoms with Crippen LogP contribution in [0.1, 0.15) is 80.3 Å². The van der Waals surface area contributed by atoms with E-state index in [4.69, 9.17) is 4.74 Å². The number of hydrogen-bond acceptors (Lipinski definition) is 9. The molecule has 1 saturated carbocycles. The number of aliphatic carboxylic acids is 1. The fraction of sp³-hybridized carbons (Fsp3) is 0.537. The lowest BCUT2D eigenvalue weighted by atomic mass is 10.0. The van der Waals surface area contributed by atoms with Crippen molar-refractivity contribution in [3.63, 3.8) is 0 Å². The van der Waals surface area contributed by atoms with Crippen molar-refractivity contribution in [1.82, 2.24) is 30.7 Å². The number of aromatic nitrogens is 1. The second kappa shape index (κ2) is 17.1. The quantitative estimate of drug-likeness (QED) is 0.291. The van der Waals surface area contributed by atoms with Crippen LogP contribution in [0.2, 0.25) is 0 Å². The average Bonchev–Trinajstić information content (AvgIpc) is 3.72. The van der Waals surface area contributed by atoms with E-state index in [0.717, 1.165) is 24.0 Å². The predicted octanol–water partition coefficient (Wildman–Crippen LogP) is 3.03. The Morgan fingerprint density at radius 3 is 2.52 bits per heavy atom. The van der Waals surface area contributed by atoms with Gasteiger partial charge in [0.2, 0.25) is 17.7 Å². The largest absolute Gasteiger partial charge is 0.479 e. The van der Waals surface area contributed by atoms with Gasteiger partial charge in [-0.25, -0.2) is 14.6 Å². The SMILES string of the molecule is CC(C)C(NC(=O)c1ccc(N(C)C)nc1)C(=O)N[C@H]1CCCCC/C=C/[C@@H]2C[C@@]2(C(=O)O)NC(=O)[C@@H]2C[C@@H](OC(=O)N3CCc4ccccc4C3)CN2C1=O. The first-order valence-electron chi connectivity index (χ1n) is 19.6. The van der Waals surface area contributed by atoms with Crippen molar-refractivity contribution < 1.29 is 38.6 Å². The molecule has 1 aliphatic carbocycles. The van der Waals surface area contributed by atoms with Crippen LogP contribution < -0.4 is 20.9 Å². The van der Waals surface area contributed by atoms with Gasteiger partial charge in [-0.15, -0.1) is 0 Å². The van der Waals surface area contributed by atoms with Gasteiger partial charge in [-0.1, -0.05) is 63.1 Å². The molecular weight excluding hydrogens is 718 g/mol. The average molecular weight is 772 g/mol. The Hall–Kier alpha value is -5.47. The lowest BCUT2D eigenvalue weighted by Crippen LogP contribution is -2.58. The van der Waals surface area contributed by atoms with Gasteiger partial charge in [-0.3, -0.25) is 19.2 Å². The van der Waals surface area contributed by atoms with E-state index in [2.05, 4.69) is 20.9 Å². The van der Waals surface area contributed by atoms with Crippen LogP contribution >= 0.6 is 0 Å². The van der Waals surface area contributed by atoms with Gasteiger partial charge in [0.25, 0.3) is 5.91 Å². The van der Waals surface area contributed by atoms with Crippen molar-refractivity contribution in [2.45, 2.75) is 102 Å². The number of carbonyl (C=O) groups is 6. The summed E-state index contributed by atoms with van der Waals surface area (Å²) in [6, 6.07) is 7.95. The first-order valence-corrected chi connectivity index (χ1v) is 19.6. The number of carbonyl (C=O) groups excluding carboxylic acids is 5. The van der Waals surface area contributed by atoms with Crippen LogP contribution in [-0.2, 0) is 36.9 Å². The van der Waals surface area contributed by atoms with Gasteiger partial charge >= 0.3 is 12.1 Å². The number of hydrogen-bond donors (Lipinski definition) is 4. The van der Waals surface area contributed by atoms with Gasteiger partial charge in [0, 0.05) is 45.7 Å². The zero-order valence-corrected chi connectivity index (χ0v) is 32.5. The van der Waals surface area contributed by atoms with Crippen molar-refractivity contribution in [2.24, 2.45) is 11.8 Å². The molecule has 1 aromatic carbocycles. The number of anilines is 1. The number of amides is 5. The molecule has 0 radical (unpaired) electrons. The molecular formula is C41H53N7O8. The van der Waals surface area contributed by atoms with Crippen LogP contribution in [0.4, 0.5) is 10.6 Å². The van der Waals surface area contributed by atoms with Crippen LogP contribution in [0.25, 0.3) is 0 Å². The number of fused-ring (bicyclic) bond motifs is 3. The zero-order valence-electron chi connectivity index (χ0n) is 32.5. The molecule has 1 aromatic heterocycles. The van der Waals surface area contributed by atoms with E-state index in [9.17, 15) is 33.9 Å². The standard InChI is InChI=1S/C41H53N7O8/c1-25(2)34(44-35(49)27-16-17-33(42-22-27)46(3)4)37(51)43-31-15-9-7-5-6-8-14-29-21-41(29,39(53)54)45-36(50)32-20-30(24-48(32)38(31)52)56-40(55)47-19-18-26-12-10-11-13-28(26)23-47/h8,10-14,16-17,22,25,29-32,34H,5-7,9,15,18-21,23-24H2,1-4H3,(H,43,51)(H,44,49)(H,45,50)(H,53,54)/b14-8+/t29-,30-,31+,32+,34?,41-/m1/s1. The molecule has 56 heavy (non-hydrogen) atoms. The summed E-state index contributed by atoms with van der Waals surface area (Å²) >= 11 is 0. The lowest BCUT2D eigenvalue weighted by Gasteiger charge is -2.31. The van der Waals surface area contributed by atoms with Gasteiger partial charge in [0.15, 0.2) is 0 Å². The fourth-order valence-corrected chi connectivity index (χ4v) is 7.82. The molecule has 6 rings (SSSR count). The third-order valence-corrected chi connectivity index (χ3v) is 11.3. The first kappa shape index (κ1) is 40.2. The smallest absolute Gasteiger partial charge is 0.410 e. The third-order valence-electron chi connectivity index (χ3n) is 11.3. The second-order valence-electron chi connectivity index (χ2n) is 15.9. The molecule has 6 atom stereocenters. The number of carboxylic acids is 1. The summed E-state index contributed by atoms with van der Waals surface area (Å²) in [5.41, 5.74) is 0.946. The van der Waals surface area contributed by atoms with Gasteiger partial charge in [0.05, 0.1) is 12.1 Å². The number of allylic oxidation sites excluding steroid dienone is 1. The molecule has 2 aromatic rings. The Kier molecular flexibility index (Phi) is 12.3. The van der Waals surface area contributed by atoms with Crippen LogP contribution in [0.5, 0.6) is 0 Å². The van der Waals surface area contributed by atoms with Crippen LogP contribution in [0.15, 0.2) is 54.7 Å². The highest BCUT2D eigenvalue weighted by molar-refractivity contribution is 5.99. The van der Waals surface area contributed by atoms with Gasteiger partial charge in [-0.05, 0) is 61.3 Å². The number of rotatable bonds is 8. The van der Waals surface area contributed by atoms with E-state index < -0.39 is 71.4 Å². The van der Waals surface area contributed by atoms with Crippen molar-refractivity contribution >= 4 is 41.5 Å². The molecule has 3 aliphatic heterocycles. The Morgan fingerprint density at radius 1 is 1.05 bits per heavy atom. The van der Waals surface area contributed by atoms with E-state index in [1.165, 1.54) is 11.1 Å². The van der Waals surface area contributed by atoms with E-state index in [1.54, 1.807) is 35.8 Å². The molecule has 0 spiro atoms. The summed E-state index contributed by atoms with van der Waals surface area (Å²) in [6.45, 7) is 4.26. The number of ether oxygens (including phenoxy) is 1. The highest BCUT2D eigenvalue weighted by Gasteiger charge is 2.61. The molecule has 300 valence electrons. The first-order chi connectivity index (χ1) is 26.8. The molecule has 15 heteroatoms. The summed E-state index contributed by atoms with van der Waals surface area (Å²) in [5, 5.41) is 18.6. The molecule has 1 saturated heterocycles. The molecule has 4 N–H and O–H groups in total. The molecule has 2 fully saturated rings. The van der Waals surface area contributed by atoms with E-state index in [0.29, 0.717) is 38.2 Å². The second-order valence-corrected chi connectivity index (χ2v) is 15.9. The van der Waals surface area contributed by atoms with Crippen LogP contribution in [-0.4, -0.2) is 113 Å². The molecule has 5 amide bonds. The Bertz CT molecular complexity index is 1850. The van der Waals surface area contributed by atoms with E-state index in [-0.39, 0.29) is 37.3 Å². The Balaban J connectivity index is 1.22. The normalized spacial score (nSPS) is 26.2. The number of benzene rings is 1. The van der Waals surface area contributed by atoms with Crippen LogP contribution in [0, 0.1) is 11.8 Å². The summed E-state index contributed by atoms with van der Waals surface area (Å²) < 4.78 is 5.95. The monoisotopic (exact) mass is 771 g/mol. The number of nitrogens with zero attached hydrogens (tertiary/aromatic N) is 4. The number of carboxylic acid groups (broad SMARTS) is 1. The molecule has 0 bridgehead atoms. The minimum atomic E-state index is -1.50. The highest BCUT2D eigenvalue weighted by Crippen LogP contribution is 2.45. The predicted molar refractivity (Wildman–Crippen MR) is 206 cm³/mol. The molecule has 1 unspecified atom stereocenters. The minimum absolute atomic E-state index is 0.0457. The summed E-state index contributed by atoms with van der Waals surface area (Å²) in [4.78, 5) is 90.9. The number of nitrogens with one attached hydrogen (secondary N) is 3. The summed E-state index contributed by atoms with van der Waals surface area (Å²) in [5.74, 6) is -3.53. The molecule has 4 aliphatic rings. The van der Waals surface area contributed by atoms with Gasteiger partial charge in [0.1, 0.15) is 35.6 Å². The molecule has 4 heterocycles. The Morgan fingerprint density at radius 2 is 1.82 bits per heavy atom. The van der Waals surface area contributed by atoms with Crippen molar-refractivity contribution in [3.05, 3.63) is 71.4 Å². The zero-order chi connectivity index (χ0) is 40.1. The van der Waals surface area contributed by atoms with E-state index in [1.807, 2.05) is 50.5 Å². The lowest BCUT2D eigenvalue weighted by molar-refractivity contribution is -0.146. The van der Waals surface area contributed by atoms with Gasteiger partial charge < -0.3 is 40.5 Å². The molecule has 15 nitrogen and oxygen atoms in total. The fourth-order valence-electron chi connectivity index (χ4n) is 7.82. The Labute approximate surface area is 327 Å². The summed E-state index contributed by atoms with van der Waals surface area (Å²) in [7, 11) is 3.67. The van der Waals surface area contributed by atoms with Gasteiger partial charge in [-0.2, -0.15) is 0 Å². The van der Waals surface area contributed by atoms with Crippen molar-refractivity contribution in [2.75, 3.05) is 32.1 Å². The maximum absolute atomic E-state index is 14.6. The van der Waals surface area contributed by atoms with Crippen LogP contribution in [0.3, 0.4) is 0 Å². The summed E-state index contributed by atoms with van der Waals surface area (Å²) in [6.07, 6.45) is 7.66. The maximum atomic E-state index is 14.6. The number of pyridine rings is 1. The highest BCUT2D eigenvalue weighted by atomic mass is 16.6. The van der Waals surface area contributed by atoms with Crippen molar-refractivity contribution in [3.8, 4) is 0 Å². The topological polar surface area (TPSA) is 191 Å². The van der Waals surface area contributed by atoms with Crippen molar-refractivity contribution in [1.29, 1.82) is 0 Å². The maximum Gasteiger partial charge on any atom is 0.410 e. The third kappa shape index (κ3) is 8.97.